The molecule has 0 saturated carbocycles. The van der Waals surface area contributed by atoms with Crippen molar-refractivity contribution in [3.63, 3.8) is 0 Å². The summed E-state index contributed by atoms with van der Waals surface area (Å²) in [4.78, 5) is 0. The van der Waals surface area contributed by atoms with Gasteiger partial charge in [-0.3, -0.25) is 0 Å². The smallest absolute Gasteiger partial charge is 0.129 e. The van der Waals surface area contributed by atoms with Gasteiger partial charge in [-0.2, -0.15) is 0 Å². The van der Waals surface area contributed by atoms with E-state index in [1.807, 2.05) is 7.05 Å². The predicted octanol–water partition coefficient (Wildman–Crippen LogP) is 3.16. The Bertz CT molecular complexity index is 399. The van der Waals surface area contributed by atoms with Crippen molar-refractivity contribution in [3.8, 4) is 0 Å². The van der Waals surface area contributed by atoms with E-state index in [1.54, 1.807) is 12.1 Å². The second kappa shape index (κ2) is 5.34. The Morgan fingerprint density at radius 1 is 1.53 bits per heavy atom. The molecule has 1 aromatic rings. The lowest BCUT2D eigenvalue weighted by molar-refractivity contribution is 0.0620. The third-order valence-electron chi connectivity index (χ3n) is 3.38. The van der Waals surface area contributed by atoms with Crippen LogP contribution in [-0.4, -0.2) is 19.8 Å². The molecular weight excluding hydrogens is 241 g/mol. The Kier molecular flexibility index (Phi) is 4.02. The van der Waals surface area contributed by atoms with Crippen LogP contribution in [0.5, 0.6) is 0 Å². The van der Waals surface area contributed by atoms with E-state index in [2.05, 4.69) is 12.2 Å². The molecule has 3 unspecified atom stereocenters. The van der Waals surface area contributed by atoms with Gasteiger partial charge in [0, 0.05) is 17.2 Å². The van der Waals surface area contributed by atoms with Gasteiger partial charge < -0.3 is 10.1 Å². The number of likely N-dealkylation sites (N-methyl/N-ethyl adjacent to an activating group) is 1. The van der Waals surface area contributed by atoms with Crippen molar-refractivity contribution in [2.24, 2.45) is 5.92 Å². The molecule has 1 heterocycles. The highest BCUT2D eigenvalue weighted by atomic mass is 35.5. The molecule has 2 rings (SSSR count). The Labute approximate surface area is 106 Å². The van der Waals surface area contributed by atoms with Gasteiger partial charge >= 0.3 is 0 Å². The average molecular weight is 258 g/mol. The van der Waals surface area contributed by atoms with Gasteiger partial charge in [-0.15, -0.1) is 0 Å². The Morgan fingerprint density at radius 3 is 2.82 bits per heavy atom. The van der Waals surface area contributed by atoms with E-state index in [1.165, 1.54) is 6.07 Å². The van der Waals surface area contributed by atoms with E-state index in [0.29, 0.717) is 16.5 Å². The Balaban J connectivity index is 2.28. The van der Waals surface area contributed by atoms with E-state index in [0.717, 1.165) is 13.0 Å². The highest BCUT2D eigenvalue weighted by Gasteiger charge is 2.33. The summed E-state index contributed by atoms with van der Waals surface area (Å²) in [7, 11) is 1.83. The summed E-state index contributed by atoms with van der Waals surface area (Å²) in [6.07, 6.45) is 1.05. The number of hydrogen-bond donors (Lipinski definition) is 1. The summed E-state index contributed by atoms with van der Waals surface area (Å²) < 4.78 is 19.6. The minimum atomic E-state index is -0.278. The van der Waals surface area contributed by atoms with E-state index in [9.17, 15) is 4.39 Å². The number of rotatable bonds is 3. The maximum atomic E-state index is 13.9. The lowest BCUT2D eigenvalue weighted by atomic mass is 9.92. The van der Waals surface area contributed by atoms with Crippen LogP contribution in [0.25, 0.3) is 0 Å². The molecule has 3 atom stereocenters. The summed E-state index contributed by atoms with van der Waals surface area (Å²) in [6, 6.07) is 4.67. The van der Waals surface area contributed by atoms with Crippen molar-refractivity contribution < 1.29 is 9.13 Å². The summed E-state index contributed by atoms with van der Waals surface area (Å²) in [5.74, 6) is 0.155. The second-order valence-electron chi connectivity index (χ2n) is 4.53. The molecule has 0 radical (unpaired) electrons. The van der Waals surface area contributed by atoms with Crippen LogP contribution in [0.3, 0.4) is 0 Å². The zero-order valence-electron chi connectivity index (χ0n) is 10.0. The quantitative estimate of drug-likeness (QED) is 0.898. The van der Waals surface area contributed by atoms with E-state index in [-0.39, 0.29) is 18.0 Å². The van der Waals surface area contributed by atoms with Crippen molar-refractivity contribution in [1.29, 1.82) is 0 Å². The molecule has 1 N–H and O–H groups in total. The van der Waals surface area contributed by atoms with Crippen LogP contribution in [0.2, 0.25) is 5.02 Å². The van der Waals surface area contributed by atoms with Crippen LogP contribution in [-0.2, 0) is 4.74 Å². The molecule has 0 aliphatic carbocycles. The van der Waals surface area contributed by atoms with Gasteiger partial charge in [0.1, 0.15) is 5.82 Å². The largest absolute Gasteiger partial charge is 0.376 e. The van der Waals surface area contributed by atoms with Gasteiger partial charge in [0.05, 0.1) is 12.1 Å². The van der Waals surface area contributed by atoms with Gasteiger partial charge in [0.25, 0.3) is 0 Å². The number of hydrogen-bond acceptors (Lipinski definition) is 2. The number of nitrogens with one attached hydrogen (secondary N) is 1. The normalized spacial score (nSPS) is 26.1. The fourth-order valence-corrected chi connectivity index (χ4v) is 2.55. The first-order chi connectivity index (χ1) is 8.13. The van der Waals surface area contributed by atoms with Crippen LogP contribution in [0, 0.1) is 11.7 Å². The zero-order valence-corrected chi connectivity index (χ0v) is 10.8. The highest BCUT2D eigenvalue weighted by Crippen LogP contribution is 2.32. The van der Waals surface area contributed by atoms with Crippen molar-refractivity contribution in [2.45, 2.75) is 25.5 Å². The van der Waals surface area contributed by atoms with E-state index >= 15 is 0 Å². The summed E-state index contributed by atoms with van der Waals surface area (Å²) >= 11 is 5.76. The summed E-state index contributed by atoms with van der Waals surface area (Å²) in [6.45, 7) is 2.88. The molecule has 4 heteroatoms. The lowest BCUT2D eigenvalue weighted by Gasteiger charge is -2.26. The van der Waals surface area contributed by atoms with Crippen LogP contribution in [0.1, 0.15) is 24.9 Å². The number of halogens is 2. The standard InChI is InChI=1S/C13H17ClFNO/c1-8-5-6-17-13(8)12(16-2)10-4-3-9(14)7-11(10)15/h3-4,7-8,12-13,16H,5-6H2,1-2H3. The first-order valence-electron chi connectivity index (χ1n) is 5.87. The molecule has 0 bridgehead atoms. The van der Waals surface area contributed by atoms with Crippen molar-refractivity contribution in [3.05, 3.63) is 34.6 Å². The monoisotopic (exact) mass is 257 g/mol. The van der Waals surface area contributed by atoms with Gasteiger partial charge in [0.15, 0.2) is 0 Å². The van der Waals surface area contributed by atoms with Crippen LogP contribution >= 0.6 is 11.6 Å². The van der Waals surface area contributed by atoms with Crippen molar-refractivity contribution >= 4 is 11.6 Å². The van der Waals surface area contributed by atoms with Gasteiger partial charge in [-0.25, -0.2) is 4.39 Å². The molecule has 1 fully saturated rings. The van der Waals surface area contributed by atoms with Crippen molar-refractivity contribution in [2.75, 3.05) is 13.7 Å². The van der Waals surface area contributed by atoms with Crippen LogP contribution in [0.15, 0.2) is 18.2 Å². The molecule has 0 amide bonds. The molecule has 17 heavy (non-hydrogen) atoms. The SMILES string of the molecule is CNC(c1ccc(Cl)cc1F)C1OCCC1C. The Morgan fingerprint density at radius 2 is 2.29 bits per heavy atom. The third-order valence-corrected chi connectivity index (χ3v) is 3.62. The molecule has 1 aliphatic heterocycles. The maximum Gasteiger partial charge on any atom is 0.129 e. The summed E-state index contributed by atoms with van der Waals surface area (Å²) in [5.41, 5.74) is 0.621. The average Bonchev–Trinajstić information content (AvgIpc) is 2.69. The zero-order chi connectivity index (χ0) is 12.4. The minimum Gasteiger partial charge on any atom is -0.376 e. The highest BCUT2D eigenvalue weighted by molar-refractivity contribution is 6.30. The lowest BCUT2D eigenvalue weighted by Crippen LogP contribution is -2.33. The minimum absolute atomic E-state index is 0.0238. The molecular formula is C13H17ClFNO. The van der Waals surface area contributed by atoms with Gasteiger partial charge in [0.2, 0.25) is 0 Å². The van der Waals surface area contributed by atoms with Gasteiger partial charge in [-0.05, 0) is 31.5 Å². The second-order valence-corrected chi connectivity index (χ2v) is 4.97. The van der Waals surface area contributed by atoms with E-state index in [4.69, 9.17) is 16.3 Å². The molecule has 1 aromatic carbocycles. The van der Waals surface area contributed by atoms with Gasteiger partial charge in [-0.1, -0.05) is 24.6 Å². The first kappa shape index (κ1) is 12.8. The number of ether oxygens (including phenoxy) is 1. The Hall–Kier alpha value is -0.640. The summed E-state index contributed by atoms with van der Waals surface area (Å²) in [5, 5.41) is 3.56. The molecule has 0 aromatic heterocycles. The molecule has 0 spiro atoms. The van der Waals surface area contributed by atoms with Crippen molar-refractivity contribution in [1.82, 2.24) is 5.32 Å². The predicted molar refractivity (Wildman–Crippen MR) is 66.7 cm³/mol. The molecule has 94 valence electrons. The van der Waals surface area contributed by atoms with Crippen LogP contribution in [0.4, 0.5) is 4.39 Å². The fourth-order valence-electron chi connectivity index (χ4n) is 2.39. The third kappa shape index (κ3) is 2.62. The molecule has 1 saturated heterocycles. The topological polar surface area (TPSA) is 21.3 Å². The van der Waals surface area contributed by atoms with Crippen LogP contribution < -0.4 is 5.32 Å². The number of benzene rings is 1. The fraction of sp³-hybridized carbons (Fsp3) is 0.538. The first-order valence-corrected chi connectivity index (χ1v) is 6.25. The molecule has 1 aliphatic rings. The van der Waals surface area contributed by atoms with E-state index < -0.39 is 0 Å². The molecule has 2 nitrogen and oxygen atoms in total. The maximum absolute atomic E-state index is 13.9.